The van der Waals surface area contributed by atoms with Crippen molar-refractivity contribution in [3.63, 3.8) is 0 Å². The van der Waals surface area contributed by atoms with Gasteiger partial charge in [-0.05, 0) is 12.8 Å². The molecule has 1 aliphatic rings. The Kier molecular flexibility index (Phi) is 28.3. The van der Waals surface area contributed by atoms with Crippen LogP contribution >= 0.6 is 7.82 Å². The zero-order valence-electron chi connectivity index (χ0n) is 32.1. The first-order valence-electron chi connectivity index (χ1n) is 20.3. The van der Waals surface area contributed by atoms with Crippen LogP contribution in [0.15, 0.2) is 0 Å². The van der Waals surface area contributed by atoms with E-state index in [0.29, 0.717) is 12.8 Å². The average Bonchev–Trinajstić information content (AvgIpc) is 3.12. The third kappa shape index (κ3) is 22.9. The van der Waals surface area contributed by atoms with Crippen LogP contribution in [0.4, 0.5) is 0 Å². The lowest BCUT2D eigenvalue weighted by molar-refractivity contribution is -0.220. The second-order valence-corrected chi connectivity index (χ2v) is 15.9. The summed E-state index contributed by atoms with van der Waals surface area (Å²) in [6.45, 7) is 3.24. The number of unbranched alkanes of at least 4 members (excludes halogenated alkanes) is 21. The smallest absolute Gasteiger partial charge is 0.462 e. The van der Waals surface area contributed by atoms with Gasteiger partial charge in [0.1, 0.15) is 43.2 Å². The van der Waals surface area contributed by atoms with Crippen LogP contribution in [-0.4, -0.2) is 98.3 Å². The number of phosphoric acid groups is 1. The summed E-state index contributed by atoms with van der Waals surface area (Å²) in [5.41, 5.74) is 0. The van der Waals surface area contributed by atoms with Crippen LogP contribution in [0.3, 0.4) is 0 Å². The first-order valence-corrected chi connectivity index (χ1v) is 21.8. The number of aliphatic hydroxyl groups is 5. The Morgan fingerprint density at radius 2 is 0.865 bits per heavy atom. The van der Waals surface area contributed by atoms with Crippen LogP contribution in [-0.2, 0) is 32.7 Å². The molecule has 0 aromatic heterocycles. The van der Waals surface area contributed by atoms with Crippen molar-refractivity contribution in [2.45, 2.75) is 217 Å². The topological polar surface area (TPSA) is 210 Å². The molecular formula is C38H73O13P. The van der Waals surface area contributed by atoms with Crippen molar-refractivity contribution < 1.29 is 63.1 Å². The number of carbonyl (C=O) groups excluding carboxylic acids is 2. The highest BCUT2D eigenvalue weighted by Gasteiger charge is 2.51. The second kappa shape index (κ2) is 30.1. The quantitative estimate of drug-likeness (QED) is 0.0238. The molecule has 52 heavy (non-hydrogen) atoms. The number of rotatable bonds is 33. The highest BCUT2D eigenvalue weighted by molar-refractivity contribution is 7.47. The van der Waals surface area contributed by atoms with Gasteiger partial charge in [-0.15, -0.1) is 0 Å². The van der Waals surface area contributed by atoms with Crippen LogP contribution in [0.5, 0.6) is 0 Å². The van der Waals surface area contributed by atoms with Crippen molar-refractivity contribution in [3.8, 4) is 0 Å². The van der Waals surface area contributed by atoms with E-state index in [1.807, 2.05) is 0 Å². The van der Waals surface area contributed by atoms with Crippen molar-refractivity contribution in [1.29, 1.82) is 0 Å². The molecular weight excluding hydrogens is 695 g/mol. The lowest BCUT2D eigenvalue weighted by atomic mass is 9.85. The number of aliphatic hydroxyl groups excluding tert-OH is 5. The summed E-state index contributed by atoms with van der Waals surface area (Å²) in [4.78, 5) is 35.4. The van der Waals surface area contributed by atoms with E-state index in [4.69, 9.17) is 18.5 Å². The van der Waals surface area contributed by atoms with E-state index in [1.165, 1.54) is 89.9 Å². The largest absolute Gasteiger partial charge is 0.472 e. The molecule has 1 rings (SSSR count). The monoisotopic (exact) mass is 768 g/mol. The number of carbonyl (C=O) groups is 2. The summed E-state index contributed by atoms with van der Waals surface area (Å²) in [5, 5.41) is 49.9. The van der Waals surface area contributed by atoms with Gasteiger partial charge in [0.15, 0.2) is 6.10 Å². The highest BCUT2D eigenvalue weighted by Crippen LogP contribution is 2.47. The first kappa shape index (κ1) is 48.9. The molecule has 0 amide bonds. The van der Waals surface area contributed by atoms with E-state index in [0.717, 1.165) is 44.9 Å². The van der Waals surface area contributed by atoms with Crippen LogP contribution in [0.25, 0.3) is 0 Å². The first-order chi connectivity index (χ1) is 24.9. The van der Waals surface area contributed by atoms with Gasteiger partial charge in [0.25, 0.3) is 0 Å². The van der Waals surface area contributed by atoms with Crippen LogP contribution < -0.4 is 0 Å². The van der Waals surface area contributed by atoms with Gasteiger partial charge in [0.2, 0.25) is 0 Å². The normalized spacial score (nSPS) is 23.6. The molecule has 0 aromatic carbocycles. The Balaban J connectivity index is 2.47. The number of hydrogen-bond donors (Lipinski definition) is 6. The summed E-state index contributed by atoms with van der Waals surface area (Å²) < 4.78 is 33.3. The Morgan fingerprint density at radius 1 is 0.519 bits per heavy atom. The lowest BCUT2D eigenvalue weighted by Crippen LogP contribution is -2.64. The van der Waals surface area contributed by atoms with Crippen LogP contribution in [0, 0.1) is 0 Å². The highest BCUT2D eigenvalue weighted by atomic mass is 31.2. The molecule has 1 aliphatic carbocycles. The molecule has 13 nitrogen and oxygen atoms in total. The fourth-order valence-corrected chi connectivity index (χ4v) is 7.32. The predicted molar refractivity (Wildman–Crippen MR) is 198 cm³/mol. The van der Waals surface area contributed by atoms with E-state index >= 15 is 0 Å². The maximum atomic E-state index is 12.7. The molecule has 0 aliphatic heterocycles. The lowest BCUT2D eigenvalue weighted by Gasteiger charge is -2.41. The summed E-state index contributed by atoms with van der Waals surface area (Å²) in [5.74, 6) is -1.10. The number of ether oxygens (including phenoxy) is 2. The molecule has 308 valence electrons. The second-order valence-electron chi connectivity index (χ2n) is 14.5. The summed E-state index contributed by atoms with van der Waals surface area (Å²) in [6, 6.07) is 0. The van der Waals surface area contributed by atoms with Gasteiger partial charge in [0.05, 0.1) is 6.61 Å². The van der Waals surface area contributed by atoms with E-state index in [9.17, 15) is 44.6 Å². The Labute approximate surface area is 312 Å². The van der Waals surface area contributed by atoms with Gasteiger partial charge < -0.3 is 39.9 Å². The molecule has 1 saturated carbocycles. The van der Waals surface area contributed by atoms with Gasteiger partial charge in [-0.1, -0.05) is 149 Å². The molecule has 0 heterocycles. The summed E-state index contributed by atoms with van der Waals surface area (Å²) >= 11 is 0. The molecule has 8 atom stereocenters. The van der Waals surface area contributed by atoms with Crippen molar-refractivity contribution in [2.75, 3.05) is 13.2 Å². The molecule has 0 saturated heterocycles. The minimum atomic E-state index is -5.10. The van der Waals surface area contributed by atoms with Gasteiger partial charge in [-0.2, -0.15) is 0 Å². The standard InChI is InChI=1S/C38H73O13P/c1-3-5-7-9-11-13-14-15-16-17-18-19-21-22-24-26-31(39)48-28-30(50-32(40)27-25-23-20-12-10-8-6-4-2)29-49-52(46,47)51-38-36(44)34(42)33(41)35(43)37(38)45/h30,33-38,41-45H,3-29H2,1-2H3,(H,46,47)/t30-,33?,34-,35?,36?,37?,38?/m0/s1. The molecule has 14 heteroatoms. The molecule has 1 fully saturated rings. The molecule has 0 aromatic rings. The summed E-state index contributed by atoms with van der Waals surface area (Å²) in [6.07, 6.45) is 13.4. The van der Waals surface area contributed by atoms with Crippen LogP contribution in [0.2, 0.25) is 0 Å². The van der Waals surface area contributed by atoms with Gasteiger partial charge in [-0.25, -0.2) is 4.57 Å². The van der Waals surface area contributed by atoms with Gasteiger partial charge in [-0.3, -0.25) is 18.6 Å². The zero-order valence-corrected chi connectivity index (χ0v) is 33.0. The van der Waals surface area contributed by atoms with E-state index < -0.39 is 75.7 Å². The van der Waals surface area contributed by atoms with E-state index in [1.54, 1.807) is 0 Å². The Morgan fingerprint density at radius 3 is 1.27 bits per heavy atom. The zero-order chi connectivity index (χ0) is 38.6. The minimum absolute atomic E-state index is 0.102. The maximum absolute atomic E-state index is 12.7. The SMILES string of the molecule is CCCCCCCCCCCCCCCCCC(=O)OC[C@@H](COP(=O)(O)OC1C(O)C(O)C(O)[C@H](O)C1O)OC(=O)CCCCCCCCCC. The third-order valence-corrected chi connectivity index (χ3v) is 10.7. The van der Waals surface area contributed by atoms with E-state index in [2.05, 4.69) is 13.8 Å². The number of esters is 2. The molecule has 0 spiro atoms. The van der Waals surface area contributed by atoms with Crippen molar-refractivity contribution >= 4 is 19.8 Å². The predicted octanol–water partition coefficient (Wildman–Crippen LogP) is 6.55. The van der Waals surface area contributed by atoms with Crippen LogP contribution in [0.1, 0.15) is 174 Å². The molecule has 0 radical (unpaired) electrons. The summed E-state index contributed by atoms with van der Waals surface area (Å²) in [7, 11) is -5.10. The van der Waals surface area contributed by atoms with Crippen molar-refractivity contribution in [3.05, 3.63) is 0 Å². The molecule has 6 unspecified atom stereocenters. The Hall–Kier alpha value is -1.15. The average molecular weight is 769 g/mol. The molecule has 0 bridgehead atoms. The van der Waals surface area contributed by atoms with Crippen molar-refractivity contribution in [2.24, 2.45) is 0 Å². The van der Waals surface area contributed by atoms with E-state index in [-0.39, 0.29) is 12.8 Å². The molecule has 6 N–H and O–H groups in total. The van der Waals surface area contributed by atoms with Gasteiger partial charge >= 0.3 is 19.8 Å². The van der Waals surface area contributed by atoms with Crippen molar-refractivity contribution in [1.82, 2.24) is 0 Å². The third-order valence-electron chi connectivity index (χ3n) is 9.70. The fourth-order valence-electron chi connectivity index (χ4n) is 6.35. The number of phosphoric ester groups is 1. The maximum Gasteiger partial charge on any atom is 0.472 e. The van der Waals surface area contributed by atoms with Gasteiger partial charge in [0, 0.05) is 12.8 Å². The fraction of sp³-hybridized carbons (Fsp3) is 0.947. The number of hydrogen-bond acceptors (Lipinski definition) is 12. The Bertz CT molecular complexity index is 938. The minimum Gasteiger partial charge on any atom is -0.462 e.